The van der Waals surface area contributed by atoms with Crippen molar-refractivity contribution in [3.8, 4) is 0 Å². The van der Waals surface area contributed by atoms with Gasteiger partial charge in [0.25, 0.3) is 0 Å². The van der Waals surface area contributed by atoms with E-state index in [-0.39, 0.29) is 5.69 Å². The zero-order valence-corrected chi connectivity index (χ0v) is 12.3. The van der Waals surface area contributed by atoms with Gasteiger partial charge in [0.15, 0.2) is 0 Å². The van der Waals surface area contributed by atoms with Crippen LogP contribution < -0.4 is 11.3 Å². The molecule has 1 unspecified atom stereocenters. The van der Waals surface area contributed by atoms with Gasteiger partial charge in [-0.15, -0.1) is 0 Å². The maximum absolute atomic E-state index is 13.3. The summed E-state index contributed by atoms with van der Waals surface area (Å²) in [4.78, 5) is 1.92. The summed E-state index contributed by atoms with van der Waals surface area (Å²) in [5.41, 5.74) is 2.25. The quantitative estimate of drug-likeness (QED) is 0.466. The van der Waals surface area contributed by atoms with Crippen molar-refractivity contribution in [2.24, 2.45) is 5.84 Å². The van der Waals surface area contributed by atoms with Gasteiger partial charge in [-0.05, 0) is 41.6 Å². The third-order valence-corrected chi connectivity index (χ3v) is 3.19. The molecule has 1 heterocycles. The first-order chi connectivity index (χ1) is 8.27. The van der Waals surface area contributed by atoms with Gasteiger partial charge in [0.1, 0.15) is 6.04 Å². The molecule has 0 aromatic carbocycles. The van der Waals surface area contributed by atoms with Crippen LogP contribution >= 0.6 is 27.5 Å². The third kappa shape index (κ3) is 3.86. The van der Waals surface area contributed by atoms with Gasteiger partial charge in [-0.25, -0.2) is 5.43 Å². The van der Waals surface area contributed by atoms with E-state index >= 15 is 0 Å². The van der Waals surface area contributed by atoms with E-state index in [2.05, 4.69) is 21.0 Å². The Bertz CT molecular complexity index is 393. The van der Waals surface area contributed by atoms with E-state index in [4.69, 9.17) is 17.4 Å². The molecule has 1 aromatic rings. The van der Waals surface area contributed by atoms with Crippen molar-refractivity contribution in [1.82, 2.24) is 20.1 Å². The Balaban J connectivity index is 3.02. The summed E-state index contributed by atoms with van der Waals surface area (Å²) in [5, 5.41) is 0.519. The van der Waals surface area contributed by atoms with Crippen LogP contribution in [-0.4, -0.2) is 40.7 Å². The smallest absolute Gasteiger partial charge is 0.308 e. The first-order valence-corrected chi connectivity index (χ1v) is 6.33. The molecule has 0 saturated heterocycles. The van der Waals surface area contributed by atoms with Crippen LogP contribution in [-0.2, 0) is 6.54 Å². The number of likely N-dealkylation sites (N-methyl/N-ethyl adjacent to an activating group) is 1. The Morgan fingerprint density at radius 2 is 2.28 bits per heavy atom. The minimum Gasteiger partial charge on any atom is -0.308 e. The van der Waals surface area contributed by atoms with Crippen LogP contribution in [0.5, 0.6) is 0 Å². The van der Waals surface area contributed by atoms with Crippen molar-refractivity contribution in [3.05, 3.63) is 16.4 Å². The maximum Gasteiger partial charge on any atom is 0.343 e. The van der Waals surface area contributed by atoms with Crippen LogP contribution in [0, 0.1) is 0 Å². The second kappa shape index (κ2) is 6.25. The van der Waals surface area contributed by atoms with Gasteiger partial charge < -0.3 is 4.90 Å². The standard InChI is InChI=1S/C9H15BrClF2N5/c1-17(2)3-4-18-7(6(10)5-15-18)8(16-14)9(11,12)13/h5,8,16H,3-4,14H2,1-2H3. The van der Waals surface area contributed by atoms with Gasteiger partial charge in [0, 0.05) is 6.54 Å². The highest BCUT2D eigenvalue weighted by Crippen LogP contribution is 2.37. The van der Waals surface area contributed by atoms with Crippen LogP contribution in [0.15, 0.2) is 10.7 Å². The monoisotopic (exact) mass is 345 g/mol. The summed E-state index contributed by atoms with van der Waals surface area (Å²) in [6, 6.07) is -1.52. The Kier molecular flexibility index (Phi) is 5.47. The van der Waals surface area contributed by atoms with Crippen LogP contribution in [0.25, 0.3) is 0 Å². The average molecular weight is 347 g/mol. The second-order valence-electron chi connectivity index (χ2n) is 4.05. The van der Waals surface area contributed by atoms with Crippen molar-refractivity contribution >= 4 is 27.5 Å². The zero-order chi connectivity index (χ0) is 13.9. The van der Waals surface area contributed by atoms with Crippen molar-refractivity contribution in [2.75, 3.05) is 20.6 Å². The predicted molar refractivity (Wildman–Crippen MR) is 69.3 cm³/mol. The van der Waals surface area contributed by atoms with Crippen molar-refractivity contribution in [3.63, 3.8) is 0 Å². The Morgan fingerprint density at radius 1 is 1.67 bits per heavy atom. The Labute approximate surface area is 117 Å². The number of aromatic nitrogens is 2. The number of alkyl halides is 3. The van der Waals surface area contributed by atoms with E-state index in [1.54, 1.807) is 0 Å². The lowest BCUT2D eigenvalue weighted by Gasteiger charge is -2.22. The Morgan fingerprint density at radius 3 is 2.72 bits per heavy atom. The molecule has 0 spiro atoms. The molecule has 0 bridgehead atoms. The van der Waals surface area contributed by atoms with Crippen LogP contribution in [0.4, 0.5) is 8.78 Å². The van der Waals surface area contributed by atoms with Crippen LogP contribution in [0.1, 0.15) is 11.7 Å². The van der Waals surface area contributed by atoms with E-state index in [1.807, 2.05) is 24.4 Å². The highest BCUT2D eigenvalue weighted by atomic mass is 79.9. The molecule has 0 radical (unpaired) electrons. The molecule has 1 aromatic heterocycles. The second-order valence-corrected chi connectivity index (χ2v) is 5.40. The van der Waals surface area contributed by atoms with Gasteiger partial charge in [-0.1, -0.05) is 0 Å². The lowest BCUT2D eigenvalue weighted by Crippen LogP contribution is -2.39. The fraction of sp³-hybridized carbons (Fsp3) is 0.667. The summed E-state index contributed by atoms with van der Waals surface area (Å²) >= 11 is 8.22. The maximum atomic E-state index is 13.3. The normalized spacial score (nSPS) is 14.2. The molecule has 104 valence electrons. The van der Waals surface area contributed by atoms with E-state index in [0.29, 0.717) is 17.6 Å². The highest BCUT2D eigenvalue weighted by Gasteiger charge is 2.41. The van der Waals surface area contributed by atoms with Crippen molar-refractivity contribution in [2.45, 2.75) is 18.0 Å². The molecular weight excluding hydrogens is 331 g/mol. The predicted octanol–water partition coefficient (Wildman–Crippen LogP) is 1.54. The summed E-state index contributed by atoms with van der Waals surface area (Å²) in [6.45, 7) is 1.12. The van der Waals surface area contributed by atoms with Gasteiger partial charge >= 0.3 is 5.38 Å². The Hall–Kier alpha value is -0.280. The molecule has 5 nitrogen and oxygen atoms in total. The topological polar surface area (TPSA) is 59.1 Å². The first kappa shape index (κ1) is 15.8. The third-order valence-electron chi connectivity index (χ3n) is 2.36. The molecule has 0 aliphatic rings. The number of hydrogen-bond donors (Lipinski definition) is 2. The van der Waals surface area contributed by atoms with E-state index in [9.17, 15) is 8.78 Å². The lowest BCUT2D eigenvalue weighted by molar-refractivity contribution is 0.0457. The van der Waals surface area contributed by atoms with Gasteiger partial charge in [-0.2, -0.15) is 13.9 Å². The average Bonchev–Trinajstić information content (AvgIpc) is 2.57. The molecule has 0 saturated carbocycles. The van der Waals surface area contributed by atoms with Crippen molar-refractivity contribution < 1.29 is 8.78 Å². The molecule has 0 aliphatic carbocycles. The summed E-state index contributed by atoms with van der Waals surface area (Å²) in [7, 11) is 3.76. The molecule has 18 heavy (non-hydrogen) atoms. The summed E-state index contributed by atoms with van der Waals surface area (Å²) in [5.74, 6) is 5.16. The number of nitrogens with one attached hydrogen (secondary N) is 1. The number of rotatable bonds is 6. The number of nitrogens with two attached hydrogens (primary N) is 1. The molecule has 0 fully saturated rings. The fourth-order valence-electron chi connectivity index (χ4n) is 1.46. The van der Waals surface area contributed by atoms with E-state index in [1.165, 1.54) is 10.9 Å². The largest absolute Gasteiger partial charge is 0.343 e. The SMILES string of the molecule is CN(C)CCn1ncc(Br)c1C(NN)C(F)(F)Cl. The molecule has 0 amide bonds. The van der Waals surface area contributed by atoms with Gasteiger partial charge in [0.2, 0.25) is 0 Å². The van der Waals surface area contributed by atoms with Crippen LogP contribution in [0.2, 0.25) is 0 Å². The highest BCUT2D eigenvalue weighted by molar-refractivity contribution is 9.10. The minimum absolute atomic E-state index is 0.222. The first-order valence-electron chi connectivity index (χ1n) is 5.16. The summed E-state index contributed by atoms with van der Waals surface area (Å²) < 4.78 is 28.4. The molecule has 3 N–H and O–H groups in total. The molecular formula is C9H15BrClF2N5. The number of halogens is 4. The van der Waals surface area contributed by atoms with E-state index < -0.39 is 11.4 Å². The van der Waals surface area contributed by atoms with Crippen LogP contribution in [0.3, 0.4) is 0 Å². The molecule has 1 rings (SSSR count). The fourth-order valence-corrected chi connectivity index (χ4v) is 2.15. The zero-order valence-electron chi connectivity index (χ0n) is 10.00. The van der Waals surface area contributed by atoms with Crippen molar-refractivity contribution in [1.29, 1.82) is 0 Å². The van der Waals surface area contributed by atoms with E-state index in [0.717, 1.165) is 0 Å². The van der Waals surface area contributed by atoms with Gasteiger partial charge in [0.05, 0.1) is 22.9 Å². The van der Waals surface area contributed by atoms with Gasteiger partial charge in [-0.3, -0.25) is 10.5 Å². The molecule has 1 atom stereocenters. The minimum atomic E-state index is -3.51. The summed E-state index contributed by atoms with van der Waals surface area (Å²) in [6.07, 6.45) is 1.44. The number of nitrogens with zero attached hydrogens (tertiary/aromatic N) is 3. The number of hydrogen-bond acceptors (Lipinski definition) is 4. The number of hydrazine groups is 1. The lowest BCUT2D eigenvalue weighted by atomic mass is 10.2. The molecule has 0 aliphatic heterocycles. The molecule has 9 heteroatoms.